The number of hydrogen-bond donors (Lipinski definition) is 0. The van der Waals surface area contributed by atoms with E-state index in [1.165, 1.54) is 0 Å². The van der Waals surface area contributed by atoms with Gasteiger partial charge in [-0.25, -0.2) is 0 Å². The highest BCUT2D eigenvalue weighted by Crippen LogP contribution is 2.37. The topological polar surface area (TPSA) is 46.6 Å². The lowest BCUT2D eigenvalue weighted by molar-refractivity contribution is -0.154. The zero-order valence-corrected chi connectivity index (χ0v) is 16.1. The summed E-state index contributed by atoms with van der Waals surface area (Å²) in [6, 6.07) is 17.6. The molecule has 0 radical (unpaired) electrons. The van der Waals surface area contributed by atoms with Gasteiger partial charge in [0.25, 0.3) is 5.91 Å². The number of ether oxygens (including phenoxy) is 1. The maximum absolute atomic E-state index is 13.0. The average Bonchev–Trinajstić information content (AvgIpc) is 2.87. The van der Waals surface area contributed by atoms with Gasteiger partial charge in [-0.1, -0.05) is 48.5 Å². The van der Waals surface area contributed by atoms with Gasteiger partial charge >= 0.3 is 5.97 Å². The molecule has 2 aromatic rings. The minimum absolute atomic E-state index is 0.0239. The molecule has 0 aliphatic carbocycles. The number of benzene rings is 2. The van der Waals surface area contributed by atoms with Crippen LogP contribution < -0.4 is 4.90 Å². The fourth-order valence-electron chi connectivity index (χ4n) is 3.16. The van der Waals surface area contributed by atoms with Crippen molar-refractivity contribution >= 4 is 29.2 Å². The molecule has 1 amide bonds. The molecule has 3 rings (SSSR count). The van der Waals surface area contributed by atoms with E-state index in [1.807, 2.05) is 81.4 Å². The van der Waals surface area contributed by atoms with E-state index in [2.05, 4.69) is 0 Å². The molecule has 4 nitrogen and oxygen atoms in total. The predicted octanol–water partition coefficient (Wildman–Crippen LogP) is 4.70. The molecule has 2 aromatic carbocycles. The summed E-state index contributed by atoms with van der Waals surface area (Å²) in [6.45, 7) is 6.05. The van der Waals surface area contributed by atoms with Crippen LogP contribution in [0.5, 0.6) is 0 Å². The number of amides is 1. The molecule has 0 aromatic heterocycles. The van der Waals surface area contributed by atoms with Gasteiger partial charge in [-0.2, -0.15) is 0 Å². The van der Waals surface area contributed by atoms with Crippen LogP contribution in [-0.4, -0.2) is 24.0 Å². The van der Waals surface area contributed by atoms with E-state index < -0.39 is 5.60 Å². The highest BCUT2D eigenvalue weighted by Gasteiger charge is 2.31. The maximum atomic E-state index is 13.0. The van der Waals surface area contributed by atoms with Gasteiger partial charge in [-0.15, -0.1) is 0 Å². The molecule has 0 atom stereocenters. The third-order valence-corrected chi connectivity index (χ3v) is 4.25. The summed E-state index contributed by atoms with van der Waals surface area (Å²) < 4.78 is 5.35. The fourth-order valence-corrected chi connectivity index (χ4v) is 3.16. The molecule has 1 heterocycles. The number of rotatable bonds is 5. The summed E-state index contributed by atoms with van der Waals surface area (Å²) in [6.07, 6.45) is 2.78. The van der Waals surface area contributed by atoms with E-state index >= 15 is 0 Å². The number of anilines is 1. The molecule has 0 bridgehead atoms. The standard InChI is InChI=1S/C23H25NO3/c1-23(2,3)27-21(25)14-9-15-24-20-13-8-7-12-18(20)19(22(24)26)16-17-10-5-4-6-11-17/h4-8,10-13,16H,9,14-15H2,1-3H3/b19-16-. The average molecular weight is 363 g/mol. The highest BCUT2D eigenvalue weighted by molar-refractivity contribution is 6.35. The van der Waals surface area contributed by atoms with E-state index in [0.717, 1.165) is 16.8 Å². The van der Waals surface area contributed by atoms with E-state index in [4.69, 9.17) is 4.74 Å². The Kier molecular flexibility index (Phi) is 5.45. The lowest BCUT2D eigenvalue weighted by Gasteiger charge is -2.20. The number of hydrogen-bond acceptors (Lipinski definition) is 3. The number of nitrogens with zero attached hydrogens (tertiary/aromatic N) is 1. The molecule has 140 valence electrons. The van der Waals surface area contributed by atoms with Crippen LogP contribution in [0.4, 0.5) is 5.69 Å². The minimum atomic E-state index is -0.487. The second kappa shape index (κ2) is 7.78. The van der Waals surface area contributed by atoms with Gasteiger partial charge in [-0.05, 0) is 44.9 Å². The molecule has 0 N–H and O–H groups in total. The monoisotopic (exact) mass is 363 g/mol. The Morgan fingerprint density at radius 2 is 1.70 bits per heavy atom. The van der Waals surface area contributed by atoms with Crippen molar-refractivity contribution in [2.75, 3.05) is 11.4 Å². The van der Waals surface area contributed by atoms with E-state index in [-0.39, 0.29) is 11.9 Å². The molecular formula is C23H25NO3. The first-order valence-corrected chi connectivity index (χ1v) is 9.25. The van der Waals surface area contributed by atoms with Crippen molar-refractivity contribution in [3.63, 3.8) is 0 Å². The van der Waals surface area contributed by atoms with Gasteiger partial charge in [0.2, 0.25) is 0 Å². The molecule has 0 fully saturated rings. The van der Waals surface area contributed by atoms with Crippen molar-refractivity contribution in [1.82, 2.24) is 0 Å². The van der Waals surface area contributed by atoms with Gasteiger partial charge < -0.3 is 9.64 Å². The molecular weight excluding hydrogens is 338 g/mol. The zero-order valence-electron chi connectivity index (χ0n) is 16.1. The molecule has 1 aliphatic rings. The number of carbonyl (C=O) groups is 2. The Balaban J connectivity index is 1.75. The van der Waals surface area contributed by atoms with Crippen LogP contribution in [0.2, 0.25) is 0 Å². The van der Waals surface area contributed by atoms with Crippen LogP contribution in [0.1, 0.15) is 44.7 Å². The van der Waals surface area contributed by atoms with Crippen LogP contribution in [0, 0.1) is 0 Å². The fraction of sp³-hybridized carbons (Fsp3) is 0.304. The Morgan fingerprint density at radius 3 is 2.41 bits per heavy atom. The summed E-state index contributed by atoms with van der Waals surface area (Å²) in [7, 11) is 0. The van der Waals surface area contributed by atoms with Gasteiger partial charge in [-0.3, -0.25) is 9.59 Å². The Bertz CT molecular complexity index is 863. The van der Waals surface area contributed by atoms with Crippen molar-refractivity contribution in [3.8, 4) is 0 Å². The molecule has 0 unspecified atom stereocenters. The first kappa shape index (κ1) is 18.9. The van der Waals surface area contributed by atoms with Gasteiger partial charge in [0.15, 0.2) is 0 Å². The number of para-hydroxylation sites is 1. The van der Waals surface area contributed by atoms with Gasteiger partial charge in [0.05, 0.1) is 5.69 Å². The number of carbonyl (C=O) groups excluding carboxylic acids is 2. The number of fused-ring (bicyclic) bond motifs is 1. The van der Waals surface area contributed by atoms with Gasteiger partial charge in [0, 0.05) is 24.1 Å². The Labute approximate surface area is 160 Å². The molecule has 27 heavy (non-hydrogen) atoms. The quantitative estimate of drug-likeness (QED) is 0.572. The van der Waals surface area contributed by atoms with Crippen LogP contribution in [0.25, 0.3) is 11.6 Å². The van der Waals surface area contributed by atoms with E-state index in [9.17, 15) is 9.59 Å². The summed E-state index contributed by atoms with van der Waals surface area (Å²) in [5, 5.41) is 0. The lowest BCUT2D eigenvalue weighted by atomic mass is 10.0. The molecule has 1 aliphatic heterocycles. The van der Waals surface area contributed by atoms with Crippen molar-refractivity contribution in [2.45, 2.75) is 39.2 Å². The van der Waals surface area contributed by atoms with Gasteiger partial charge in [0.1, 0.15) is 5.60 Å². The SMILES string of the molecule is CC(C)(C)OC(=O)CCCN1C(=O)/C(=C\c2ccccc2)c2ccccc21. The lowest BCUT2D eigenvalue weighted by Crippen LogP contribution is -2.29. The third kappa shape index (κ3) is 4.64. The molecule has 4 heteroatoms. The van der Waals surface area contributed by atoms with Crippen molar-refractivity contribution in [1.29, 1.82) is 0 Å². The van der Waals surface area contributed by atoms with Crippen LogP contribution in [0.3, 0.4) is 0 Å². The largest absolute Gasteiger partial charge is 0.460 e. The summed E-state index contributed by atoms with van der Waals surface area (Å²) in [5.74, 6) is -0.258. The summed E-state index contributed by atoms with van der Waals surface area (Å²) in [4.78, 5) is 26.7. The van der Waals surface area contributed by atoms with Crippen LogP contribution in [0.15, 0.2) is 54.6 Å². The molecule has 0 saturated carbocycles. The van der Waals surface area contributed by atoms with E-state index in [1.54, 1.807) is 4.90 Å². The van der Waals surface area contributed by atoms with Crippen LogP contribution >= 0.6 is 0 Å². The predicted molar refractivity (Wildman–Crippen MR) is 108 cm³/mol. The van der Waals surface area contributed by atoms with Crippen molar-refractivity contribution in [3.05, 3.63) is 65.7 Å². The normalized spacial score (nSPS) is 15.1. The second-order valence-corrected chi connectivity index (χ2v) is 7.63. The number of esters is 1. The highest BCUT2D eigenvalue weighted by atomic mass is 16.6. The van der Waals surface area contributed by atoms with Crippen molar-refractivity contribution < 1.29 is 14.3 Å². The second-order valence-electron chi connectivity index (χ2n) is 7.63. The summed E-state index contributed by atoms with van der Waals surface area (Å²) >= 11 is 0. The maximum Gasteiger partial charge on any atom is 0.306 e. The first-order valence-electron chi connectivity index (χ1n) is 9.25. The molecule has 0 spiro atoms. The van der Waals surface area contributed by atoms with Crippen molar-refractivity contribution in [2.24, 2.45) is 0 Å². The Morgan fingerprint density at radius 1 is 1.04 bits per heavy atom. The Hall–Kier alpha value is -2.88. The smallest absolute Gasteiger partial charge is 0.306 e. The summed E-state index contributed by atoms with van der Waals surface area (Å²) in [5.41, 5.74) is 3.02. The van der Waals surface area contributed by atoms with Crippen LogP contribution in [-0.2, 0) is 14.3 Å². The van der Waals surface area contributed by atoms with E-state index in [0.29, 0.717) is 25.0 Å². The first-order chi connectivity index (χ1) is 12.8. The molecule has 0 saturated heterocycles. The third-order valence-electron chi connectivity index (χ3n) is 4.25. The zero-order chi connectivity index (χ0) is 19.4. The minimum Gasteiger partial charge on any atom is -0.460 e.